The smallest absolute Gasteiger partial charge is 0.0959 e. The number of nitrogens with one attached hydrogen (secondary N) is 1. The summed E-state index contributed by atoms with van der Waals surface area (Å²) >= 11 is 1.84. The van der Waals surface area contributed by atoms with E-state index in [1.807, 2.05) is 11.3 Å². The van der Waals surface area contributed by atoms with Crippen LogP contribution in [0.5, 0.6) is 0 Å². The van der Waals surface area contributed by atoms with Crippen molar-refractivity contribution in [2.24, 2.45) is 0 Å². The Morgan fingerprint density at radius 1 is 1.50 bits per heavy atom. The van der Waals surface area contributed by atoms with E-state index in [9.17, 15) is 0 Å². The fourth-order valence-electron chi connectivity index (χ4n) is 2.05. The van der Waals surface area contributed by atoms with E-state index in [1.54, 1.807) is 0 Å². The molecule has 0 saturated heterocycles. The van der Waals surface area contributed by atoms with Gasteiger partial charge in [0.05, 0.1) is 10.7 Å². The molecule has 0 amide bonds. The molecule has 2 unspecified atom stereocenters. The SMILES string of the molecule is CCCC(C)NC(C)c1csc(C2CC2)n1. The molecule has 2 rings (SSSR count). The van der Waals surface area contributed by atoms with E-state index in [0.717, 1.165) is 5.92 Å². The number of nitrogens with zero attached hydrogens (tertiary/aromatic N) is 1. The Bertz CT molecular complexity index is 330. The van der Waals surface area contributed by atoms with Crippen LogP contribution in [0.4, 0.5) is 0 Å². The van der Waals surface area contributed by atoms with Crippen LogP contribution in [-0.4, -0.2) is 11.0 Å². The van der Waals surface area contributed by atoms with E-state index >= 15 is 0 Å². The molecule has 90 valence electrons. The fourth-order valence-corrected chi connectivity index (χ4v) is 3.13. The molecule has 0 aliphatic heterocycles. The third kappa shape index (κ3) is 3.05. The average molecular weight is 238 g/mol. The van der Waals surface area contributed by atoms with Crippen LogP contribution < -0.4 is 5.32 Å². The van der Waals surface area contributed by atoms with Crippen LogP contribution in [0.15, 0.2) is 5.38 Å². The molecule has 2 nitrogen and oxygen atoms in total. The highest BCUT2D eigenvalue weighted by Gasteiger charge is 2.27. The Balaban J connectivity index is 1.89. The van der Waals surface area contributed by atoms with E-state index in [0.29, 0.717) is 12.1 Å². The first-order valence-electron chi connectivity index (χ1n) is 6.42. The minimum Gasteiger partial charge on any atom is -0.306 e. The summed E-state index contributed by atoms with van der Waals surface area (Å²) in [7, 11) is 0. The number of rotatable bonds is 6. The van der Waals surface area contributed by atoms with Gasteiger partial charge >= 0.3 is 0 Å². The molecular formula is C13H22N2S. The Hall–Kier alpha value is -0.410. The largest absolute Gasteiger partial charge is 0.306 e. The van der Waals surface area contributed by atoms with Crippen LogP contribution in [0.2, 0.25) is 0 Å². The van der Waals surface area contributed by atoms with Crippen LogP contribution in [0.3, 0.4) is 0 Å². The summed E-state index contributed by atoms with van der Waals surface area (Å²) in [6, 6.07) is 0.983. The molecule has 0 radical (unpaired) electrons. The molecule has 16 heavy (non-hydrogen) atoms. The zero-order chi connectivity index (χ0) is 11.5. The minimum atomic E-state index is 0.394. The molecule has 1 aliphatic carbocycles. The second-order valence-corrected chi connectivity index (χ2v) is 5.85. The standard InChI is InChI=1S/C13H22N2S/c1-4-5-9(2)14-10(3)12-8-16-13(15-12)11-6-7-11/h8-11,14H,4-7H2,1-3H3. The normalized spacial score (nSPS) is 19.7. The molecule has 2 atom stereocenters. The lowest BCUT2D eigenvalue weighted by Gasteiger charge is -2.17. The number of hydrogen-bond acceptors (Lipinski definition) is 3. The summed E-state index contributed by atoms with van der Waals surface area (Å²) < 4.78 is 0. The maximum Gasteiger partial charge on any atom is 0.0959 e. The number of thiazole rings is 1. The molecule has 1 fully saturated rings. The predicted octanol–water partition coefficient (Wildman–Crippen LogP) is 3.86. The summed E-state index contributed by atoms with van der Waals surface area (Å²) in [6.07, 6.45) is 5.18. The Morgan fingerprint density at radius 3 is 2.88 bits per heavy atom. The minimum absolute atomic E-state index is 0.394. The van der Waals surface area contributed by atoms with Gasteiger partial charge in [-0.05, 0) is 33.1 Å². The molecule has 0 spiro atoms. The lowest BCUT2D eigenvalue weighted by Crippen LogP contribution is -2.28. The first kappa shape index (κ1) is 12.1. The highest BCUT2D eigenvalue weighted by molar-refractivity contribution is 7.09. The quantitative estimate of drug-likeness (QED) is 0.814. The molecule has 1 saturated carbocycles. The molecule has 1 heterocycles. The molecule has 1 aromatic rings. The highest BCUT2D eigenvalue weighted by atomic mass is 32.1. The first-order valence-corrected chi connectivity index (χ1v) is 7.30. The summed E-state index contributed by atoms with van der Waals surface area (Å²) in [5.41, 5.74) is 1.23. The van der Waals surface area contributed by atoms with Gasteiger partial charge < -0.3 is 5.32 Å². The monoisotopic (exact) mass is 238 g/mol. The molecule has 1 aromatic heterocycles. The van der Waals surface area contributed by atoms with Crippen LogP contribution in [-0.2, 0) is 0 Å². The van der Waals surface area contributed by atoms with Gasteiger partial charge in [0.25, 0.3) is 0 Å². The second-order valence-electron chi connectivity index (χ2n) is 4.96. The molecule has 1 N–H and O–H groups in total. The van der Waals surface area contributed by atoms with Crippen molar-refractivity contribution in [3.8, 4) is 0 Å². The van der Waals surface area contributed by atoms with Crippen LogP contribution in [0.25, 0.3) is 0 Å². The van der Waals surface area contributed by atoms with Gasteiger partial charge in [0.2, 0.25) is 0 Å². The van der Waals surface area contributed by atoms with Crippen molar-refractivity contribution in [3.63, 3.8) is 0 Å². The molecule has 1 aliphatic rings. The molecule has 3 heteroatoms. The summed E-state index contributed by atoms with van der Waals surface area (Å²) in [6.45, 7) is 6.71. The molecular weight excluding hydrogens is 216 g/mol. The van der Waals surface area contributed by atoms with Crippen molar-refractivity contribution in [2.45, 2.75) is 64.5 Å². The van der Waals surface area contributed by atoms with Crippen molar-refractivity contribution in [1.29, 1.82) is 0 Å². The topological polar surface area (TPSA) is 24.9 Å². The molecule has 0 bridgehead atoms. The van der Waals surface area contributed by atoms with Gasteiger partial charge in [0.1, 0.15) is 0 Å². The van der Waals surface area contributed by atoms with Crippen LogP contribution in [0, 0.1) is 0 Å². The lowest BCUT2D eigenvalue weighted by molar-refractivity contribution is 0.447. The fraction of sp³-hybridized carbons (Fsp3) is 0.769. The third-order valence-electron chi connectivity index (χ3n) is 3.17. The summed E-state index contributed by atoms with van der Waals surface area (Å²) in [5.74, 6) is 0.791. The van der Waals surface area contributed by atoms with Crippen LogP contribution in [0.1, 0.15) is 69.1 Å². The van der Waals surface area contributed by atoms with Gasteiger partial charge in [-0.1, -0.05) is 13.3 Å². The van der Waals surface area contributed by atoms with E-state index in [1.165, 1.54) is 36.4 Å². The van der Waals surface area contributed by atoms with Crippen molar-refractivity contribution in [1.82, 2.24) is 10.3 Å². The summed E-state index contributed by atoms with van der Waals surface area (Å²) in [4.78, 5) is 4.74. The van der Waals surface area contributed by atoms with Gasteiger partial charge in [0, 0.05) is 23.4 Å². The van der Waals surface area contributed by atoms with E-state index < -0.39 is 0 Å². The highest BCUT2D eigenvalue weighted by Crippen LogP contribution is 2.41. The maximum absolute atomic E-state index is 4.74. The van der Waals surface area contributed by atoms with E-state index in [2.05, 4.69) is 31.5 Å². The van der Waals surface area contributed by atoms with Crippen molar-refractivity contribution < 1.29 is 0 Å². The zero-order valence-corrected chi connectivity index (χ0v) is 11.3. The Labute approximate surface area is 102 Å². The van der Waals surface area contributed by atoms with Crippen molar-refractivity contribution in [3.05, 3.63) is 16.1 Å². The van der Waals surface area contributed by atoms with Crippen molar-refractivity contribution >= 4 is 11.3 Å². The maximum atomic E-state index is 4.74. The first-order chi connectivity index (χ1) is 7.70. The number of aromatic nitrogens is 1. The zero-order valence-electron chi connectivity index (χ0n) is 10.5. The van der Waals surface area contributed by atoms with Crippen LogP contribution >= 0.6 is 11.3 Å². The lowest BCUT2D eigenvalue weighted by atomic mass is 10.1. The van der Waals surface area contributed by atoms with Gasteiger partial charge in [-0.25, -0.2) is 4.98 Å². The van der Waals surface area contributed by atoms with Gasteiger partial charge in [0.15, 0.2) is 0 Å². The van der Waals surface area contributed by atoms with Gasteiger partial charge in [-0.15, -0.1) is 11.3 Å². The average Bonchev–Trinajstić information content (AvgIpc) is 2.96. The molecule has 0 aromatic carbocycles. The Morgan fingerprint density at radius 2 is 2.25 bits per heavy atom. The summed E-state index contributed by atoms with van der Waals surface area (Å²) in [5, 5.41) is 7.19. The van der Waals surface area contributed by atoms with E-state index in [-0.39, 0.29) is 0 Å². The third-order valence-corrected chi connectivity index (χ3v) is 4.19. The Kier molecular flexibility index (Phi) is 3.98. The second kappa shape index (κ2) is 5.28. The predicted molar refractivity (Wildman–Crippen MR) is 70.0 cm³/mol. The van der Waals surface area contributed by atoms with E-state index in [4.69, 9.17) is 4.98 Å². The number of hydrogen-bond donors (Lipinski definition) is 1. The van der Waals surface area contributed by atoms with Gasteiger partial charge in [-0.3, -0.25) is 0 Å². The van der Waals surface area contributed by atoms with Crippen molar-refractivity contribution in [2.75, 3.05) is 0 Å². The van der Waals surface area contributed by atoms with Gasteiger partial charge in [-0.2, -0.15) is 0 Å².